The van der Waals surface area contributed by atoms with Gasteiger partial charge >= 0.3 is 0 Å². The van der Waals surface area contributed by atoms with Crippen LogP contribution in [-0.4, -0.2) is 45.2 Å². The molecule has 0 aromatic carbocycles. The quantitative estimate of drug-likeness (QED) is 0.759. The molecule has 2 amide bonds. The smallest absolute Gasteiger partial charge is 0.248 e. The fraction of sp³-hybridized carbons (Fsp3) is 0.444. The van der Waals surface area contributed by atoms with Crippen LogP contribution in [0.25, 0.3) is 0 Å². The van der Waals surface area contributed by atoms with Crippen LogP contribution in [0.3, 0.4) is 0 Å². The van der Waals surface area contributed by atoms with Gasteiger partial charge in [0, 0.05) is 26.0 Å². The minimum Gasteiger partial charge on any atom is -0.358 e. The first-order valence-corrected chi connectivity index (χ1v) is 9.12. The fourth-order valence-electron chi connectivity index (χ4n) is 3.54. The molecule has 1 saturated carbocycles. The van der Waals surface area contributed by atoms with Gasteiger partial charge in [0.15, 0.2) is 0 Å². The molecule has 0 bridgehead atoms. The van der Waals surface area contributed by atoms with Crippen molar-refractivity contribution in [3.05, 3.63) is 24.7 Å². The molecule has 1 aliphatic heterocycles. The molecule has 3 heterocycles. The van der Waals surface area contributed by atoms with Crippen molar-refractivity contribution in [3.63, 3.8) is 0 Å². The van der Waals surface area contributed by atoms with Gasteiger partial charge in [-0.15, -0.1) is 0 Å². The number of likely N-dealkylation sites (N-methyl/N-ethyl adjacent to an activating group) is 1. The van der Waals surface area contributed by atoms with E-state index >= 15 is 0 Å². The first-order chi connectivity index (χ1) is 13.6. The van der Waals surface area contributed by atoms with E-state index in [2.05, 4.69) is 31.8 Å². The molecule has 0 spiro atoms. The number of nitrogens with one attached hydrogen (secondary N) is 2. The second-order valence-corrected chi connectivity index (χ2v) is 7.03. The number of anilines is 3. The maximum atomic E-state index is 12.9. The molecule has 10 heteroatoms. The molecule has 2 aromatic heterocycles. The summed E-state index contributed by atoms with van der Waals surface area (Å²) in [7, 11) is 1.56. The number of nitrogens with zero attached hydrogens (tertiary/aromatic N) is 6. The molecular formula is C18H20N8O2. The molecule has 2 aliphatic rings. The van der Waals surface area contributed by atoms with Gasteiger partial charge in [0.25, 0.3) is 0 Å². The summed E-state index contributed by atoms with van der Waals surface area (Å²) in [6.45, 7) is 0.585. The molecule has 0 unspecified atom stereocenters. The predicted molar refractivity (Wildman–Crippen MR) is 99.3 cm³/mol. The summed E-state index contributed by atoms with van der Waals surface area (Å²) in [6, 6.07) is 3.94. The van der Waals surface area contributed by atoms with Crippen LogP contribution in [0.2, 0.25) is 0 Å². The van der Waals surface area contributed by atoms with Crippen molar-refractivity contribution in [2.45, 2.75) is 25.8 Å². The number of amides is 2. The Morgan fingerprint density at radius 3 is 3.00 bits per heavy atom. The van der Waals surface area contributed by atoms with Crippen molar-refractivity contribution >= 4 is 29.3 Å². The summed E-state index contributed by atoms with van der Waals surface area (Å²) in [6.07, 6.45) is 7.20. The largest absolute Gasteiger partial charge is 0.358 e. The van der Waals surface area contributed by atoms with Crippen LogP contribution in [0, 0.1) is 22.7 Å². The van der Waals surface area contributed by atoms with Gasteiger partial charge in [0.1, 0.15) is 17.8 Å². The van der Waals surface area contributed by atoms with Gasteiger partial charge in [-0.2, -0.15) is 15.3 Å². The van der Waals surface area contributed by atoms with Crippen LogP contribution in [0.15, 0.2) is 24.7 Å². The van der Waals surface area contributed by atoms with E-state index in [1.54, 1.807) is 36.6 Å². The number of carbonyl (C=O) groups is 2. The highest BCUT2D eigenvalue weighted by Crippen LogP contribution is 2.51. The van der Waals surface area contributed by atoms with Crippen LogP contribution in [0.4, 0.5) is 17.5 Å². The Kier molecular flexibility index (Phi) is 4.43. The summed E-state index contributed by atoms with van der Waals surface area (Å²) in [4.78, 5) is 34.5. The van der Waals surface area contributed by atoms with E-state index in [9.17, 15) is 14.9 Å². The fourth-order valence-corrected chi connectivity index (χ4v) is 3.54. The van der Waals surface area contributed by atoms with E-state index in [1.807, 2.05) is 0 Å². The minimum absolute atomic E-state index is 0.110. The van der Waals surface area contributed by atoms with Crippen LogP contribution in [0.1, 0.15) is 19.3 Å². The summed E-state index contributed by atoms with van der Waals surface area (Å²) in [5.74, 6) is 0.627. The highest BCUT2D eigenvalue weighted by atomic mass is 16.2. The zero-order chi connectivity index (χ0) is 19.7. The van der Waals surface area contributed by atoms with Crippen LogP contribution >= 0.6 is 0 Å². The third-order valence-corrected chi connectivity index (χ3v) is 5.22. The number of aromatic nitrogens is 4. The van der Waals surface area contributed by atoms with Gasteiger partial charge in [-0.05, 0) is 31.2 Å². The van der Waals surface area contributed by atoms with Gasteiger partial charge in [0.05, 0.1) is 18.0 Å². The van der Waals surface area contributed by atoms with E-state index in [1.165, 1.54) is 4.68 Å². The van der Waals surface area contributed by atoms with Crippen molar-refractivity contribution in [2.24, 2.45) is 11.3 Å². The number of hydrogen-bond acceptors (Lipinski definition) is 7. The molecule has 2 N–H and O–H groups in total. The van der Waals surface area contributed by atoms with E-state index in [0.717, 1.165) is 12.8 Å². The summed E-state index contributed by atoms with van der Waals surface area (Å²) in [5.41, 5.74) is -0.280. The van der Waals surface area contributed by atoms with E-state index in [4.69, 9.17) is 0 Å². The monoisotopic (exact) mass is 380 g/mol. The van der Waals surface area contributed by atoms with Gasteiger partial charge in [-0.25, -0.2) is 4.98 Å². The Bertz CT molecular complexity index is 960. The average Bonchev–Trinajstić information content (AvgIpc) is 3.38. The van der Waals surface area contributed by atoms with Crippen LogP contribution in [-0.2, 0) is 16.1 Å². The maximum Gasteiger partial charge on any atom is 0.248 e. The molecule has 2 aromatic rings. The van der Waals surface area contributed by atoms with Gasteiger partial charge in [0.2, 0.25) is 17.8 Å². The Hall–Kier alpha value is -3.48. The first-order valence-electron chi connectivity index (χ1n) is 9.12. The third-order valence-electron chi connectivity index (χ3n) is 5.22. The van der Waals surface area contributed by atoms with Crippen molar-refractivity contribution in [1.29, 1.82) is 5.26 Å². The molecule has 28 heavy (non-hydrogen) atoms. The lowest BCUT2D eigenvalue weighted by Gasteiger charge is -2.20. The standard InChI is InChI=1S/C18H20N8O2/c1-20-15(27)10-25-9-13(8-22-25)23-17-21-6-4-14(24-17)26-7-5-18(11-19,16(26)28)12-2-3-12/h4,6,8-9,12H,2-3,5,7,10H2,1H3,(H,20,27)(H,21,23,24)/t18-/m1/s1. The SMILES string of the molecule is CNC(=O)Cn1cc(Nc2nccc(N3CC[C@@](C#N)(C4CC4)C3=O)n2)cn1. The van der Waals surface area contributed by atoms with Crippen molar-refractivity contribution in [2.75, 3.05) is 23.8 Å². The molecule has 144 valence electrons. The zero-order valence-corrected chi connectivity index (χ0v) is 15.4. The van der Waals surface area contributed by atoms with Crippen LogP contribution in [0.5, 0.6) is 0 Å². The van der Waals surface area contributed by atoms with Crippen molar-refractivity contribution in [1.82, 2.24) is 25.1 Å². The first kappa shape index (κ1) is 17.9. The topological polar surface area (TPSA) is 129 Å². The van der Waals surface area contributed by atoms with Gasteiger partial charge < -0.3 is 10.6 Å². The molecule has 1 aliphatic carbocycles. The number of nitriles is 1. The lowest BCUT2D eigenvalue weighted by Crippen LogP contribution is -2.35. The molecule has 2 fully saturated rings. The van der Waals surface area contributed by atoms with Gasteiger partial charge in [-0.3, -0.25) is 19.2 Å². The number of hydrogen-bond donors (Lipinski definition) is 2. The lowest BCUT2D eigenvalue weighted by atomic mass is 9.83. The normalized spacial score (nSPS) is 21.4. The molecule has 0 radical (unpaired) electrons. The van der Waals surface area contributed by atoms with E-state index in [-0.39, 0.29) is 24.3 Å². The second-order valence-electron chi connectivity index (χ2n) is 7.03. The number of carbonyl (C=O) groups excluding carboxylic acids is 2. The average molecular weight is 380 g/mol. The summed E-state index contributed by atoms with van der Waals surface area (Å²) >= 11 is 0. The minimum atomic E-state index is -0.903. The highest BCUT2D eigenvalue weighted by Gasteiger charge is 2.57. The maximum absolute atomic E-state index is 12.9. The van der Waals surface area contributed by atoms with Crippen LogP contribution < -0.4 is 15.5 Å². The Morgan fingerprint density at radius 1 is 1.46 bits per heavy atom. The van der Waals surface area contributed by atoms with Crippen molar-refractivity contribution < 1.29 is 9.59 Å². The predicted octanol–water partition coefficient (Wildman–Crippen LogP) is 0.819. The highest BCUT2D eigenvalue weighted by molar-refractivity contribution is 6.01. The second kappa shape index (κ2) is 6.92. The molecule has 10 nitrogen and oxygen atoms in total. The third kappa shape index (κ3) is 3.15. The molecule has 1 saturated heterocycles. The Morgan fingerprint density at radius 2 is 2.29 bits per heavy atom. The van der Waals surface area contributed by atoms with E-state index in [0.29, 0.717) is 30.4 Å². The summed E-state index contributed by atoms with van der Waals surface area (Å²) < 4.78 is 1.49. The number of rotatable bonds is 6. The zero-order valence-electron chi connectivity index (χ0n) is 15.4. The lowest BCUT2D eigenvalue weighted by molar-refractivity contribution is -0.124. The molecular weight excluding hydrogens is 360 g/mol. The van der Waals surface area contributed by atoms with E-state index < -0.39 is 5.41 Å². The van der Waals surface area contributed by atoms with Crippen molar-refractivity contribution in [3.8, 4) is 6.07 Å². The Balaban J connectivity index is 1.49. The Labute approximate surface area is 161 Å². The van der Waals surface area contributed by atoms with Gasteiger partial charge in [-0.1, -0.05) is 0 Å². The molecule has 1 atom stereocenters. The summed E-state index contributed by atoms with van der Waals surface area (Å²) in [5, 5.41) is 19.3. The molecule has 4 rings (SSSR count).